The Hall–Kier alpha value is -2.58. The molecule has 0 N–H and O–H groups in total. The van der Waals surface area contributed by atoms with Gasteiger partial charge in [0.1, 0.15) is 11.6 Å². The van der Waals surface area contributed by atoms with E-state index in [0.29, 0.717) is 25.9 Å². The van der Waals surface area contributed by atoms with Gasteiger partial charge in [-0.1, -0.05) is 12.1 Å². The van der Waals surface area contributed by atoms with Crippen molar-refractivity contribution in [1.29, 1.82) is 0 Å². The van der Waals surface area contributed by atoms with E-state index in [1.165, 1.54) is 10.6 Å². The summed E-state index contributed by atoms with van der Waals surface area (Å²) in [4.78, 5) is 21.6. The van der Waals surface area contributed by atoms with Crippen LogP contribution in [-0.2, 0) is 28.3 Å². The summed E-state index contributed by atoms with van der Waals surface area (Å²) in [6.45, 7) is 2.79. The fraction of sp³-hybridized carbons (Fsp3) is 0.409. The van der Waals surface area contributed by atoms with Gasteiger partial charge < -0.3 is 4.57 Å². The molecule has 8 heteroatoms. The molecule has 4 rings (SSSR count). The molecule has 0 spiro atoms. The van der Waals surface area contributed by atoms with Crippen LogP contribution in [0.3, 0.4) is 0 Å². The Kier molecular flexibility index (Phi) is 5.46. The molecule has 0 unspecified atom stereocenters. The predicted molar refractivity (Wildman–Crippen MR) is 117 cm³/mol. The lowest BCUT2D eigenvalue weighted by molar-refractivity contribution is -0.123. The zero-order valence-electron chi connectivity index (χ0n) is 17.5. The molecule has 158 valence electrons. The molecule has 0 aliphatic carbocycles. The first-order valence-corrected chi connectivity index (χ1v) is 11.9. The number of fused-ring (bicyclic) bond motifs is 1. The average molecular weight is 427 g/mol. The molecule has 1 fully saturated rings. The lowest BCUT2D eigenvalue weighted by atomic mass is 9.91. The standard InChI is InChI=1S/C22H26N4O3S/c1-15-23-14-21(25(15)2)17-4-5-18-13-24-20(11-19(18)10-17)12-22(27)16-6-8-26(9-7-16)30(3,28)29/h4-5,10-11,13-14,16H,6-9,12H2,1-3H3. The fourth-order valence-corrected chi connectivity index (χ4v) is 4.92. The third kappa shape index (κ3) is 4.15. The molecule has 0 atom stereocenters. The number of ketones is 1. The Balaban J connectivity index is 1.51. The van der Waals surface area contributed by atoms with Gasteiger partial charge in [0.25, 0.3) is 0 Å². The Morgan fingerprint density at radius 3 is 2.47 bits per heavy atom. The van der Waals surface area contributed by atoms with Gasteiger partial charge >= 0.3 is 0 Å². The van der Waals surface area contributed by atoms with E-state index in [-0.39, 0.29) is 18.1 Å². The maximum atomic E-state index is 12.8. The molecule has 30 heavy (non-hydrogen) atoms. The number of rotatable bonds is 5. The van der Waals surface area contributed by atoms with Crippen LogP contribution in [0, 0.1) is 12.8 Å². The summed E-state index contributed by atoms with van der Waals surface area (Å²) in [6, 6.07) is 8.17. The highest BCUT2D eigenvalue weighted by Crippen LogP contribution is 2.26. The third-order valence-electron chi connectivity index (χ3n) is 6.03. The Bertz CT molecular complexity index is 1210. The number of carbonyl (C=O) groups is 1. The molecular weight excluding hydrogens is 400 g/mol. The van der Waals surface area contributed by atoms with E-state index in [2.05, 4.69) is 26.7 Å². The molecule has 3 heterocycles. The highest BCUT2D eigenvalue weighted by atomic mass is 32.2. The number of pyridine rings is 1. The number of Topliss-reactive ketones (excluding diaryl/α,β-unsaturated/α-hetero) is 1. The van der Waals surface area contributed by atoms with Gasteiger partial charge in [-0.25, -0.2) is 17.7 Å². The molecular formula is C22H26N4O3S. The Labute approximate surface area is 176 Å². The van der Waals surface area contributed by atoms with Crippen LogP contribution in [0.2, 0.25) is 0 Å². The summed E-state index contributed by atoms with van der Waals surface area (Å²) < 4.78 is 26.8. The van der Waals surface area contributed by atoms with E-state index >= 15 is 0 Å². The van der Waals surface area contributed by atoms with Crippen molar-refractivity contribution in [3.8, 4) is 11.3 Å². The molecule has 1 saturated heterocycles. The summed E-state index contributed by atoms with van der Waals surface area (Å²) >= 11 is 0. The molecule has 2 aromatic heterocycles. The fourth-order valence-electron chi connectivity index (χ4n) is 4.05. The second kappa shape index (κ2) is 7.92. The minimum atomic E-state index is -3.18. The first kappa shape index (κ1) is 20.7. The minimum Gasteiger partial charge on any atom is -0.331 e. The van der Waals surface area contributed by atoms with Gasteiger partial charge in [-0.2, -0.15) is 0 Å². The lowest BCUT2D eigenvalue weighted by Gasteiger charge is -2.29. The maximum absolute atomic E-state index is 12.8. The normalized spacial score (nSPS) is 16.2. The Morgan fingerprint density at radius 1 is 1.10 bits per heavy atom. The van der Waals surface area contributed by atoms with Crippen LogP contribution in [-0.4, -0.2) is 52.4 Å². The van der Waals surface area contributed by atoms with Crippen LogP contribution in [0.1, 0.15) is 24.4 Å². The van der Waals surface area contributed by atoms with E-state index in [1.807, 2.05) is 38.5 Å². The largest absolute Gasteiger partial charge is 0.331 e. The molecule has 0 amide bonds. The number of imidazole rings is 1. The zero-order chi connectivity index (χ0) is 21.5. The average Bonchev–Trinajstić information content (AvgIpc) is 3.05. The van der Waals surface area contributed by atoms with Crippen molar-refractivity contribution in [2.45, 2.75) is 26.2 Å². The highest BCUT2D eigenvalue weighted by molar-refractivity contribution is 7.88. The summed E-state index contributed by atoms with van der Waals surface area (Å²) in [6.07, 6.45) is 6.31. The van der Waals surface area contributed by atoms with E-state index in [4.69, 9.17) is 0 Å². The van der Waals surface area contributed by atoms with E-state index in [9.17, 15) is 13.2 Å². The van der Waals surface area contributed by atoms with Crippen LogP contribution in [0.15, 0.2) is 36.7 Å². The number of aryl methyl sites for hydroxylation is 1. The number of piperidine rings is 1. The number of hydrogen-bond donors (Lipinski definition) is 0. The van der Waals surface area contributed by atoms with Gasteiger partial charge in [-0.05, 0) is 37.3 Å². The predicted octanol–water partition coefficient (Wildman–Crippen LogP) is 2.73. The van der Waals surface area contributed by atoms with Gasteiger partial charge in [0.2, 0.25) is 10.0 Å². The van der Waals surface area contributed by atoms with E-state index < -0.39 is 10.0 Å². The molecule has 0 radical (unpaired) electrons. The summed E-state index contributed by atoms with van der Waals surface area (Å²) in [5.74, 6) is 0.977. The number of carbonyl (C=O) groups excluding carboxylic acids is 1. The van der Waals surface area contributed by atoms with Crippen molar-refractivity contribution >= 4 is 26.6 Å². The van der Waals surface area contributed by atoms with Gasteiger partial charge in [-0.15, -0.1) is 0 Å². The summed E-state index contributed by atoms with van der Waals surface area (Å²) in [7, 11) is -1.19. The first-order chi connectivity index (χ1) is 14.2. The topological polar surface area (TPSA) is 85.2 Å². The van der Waals surface area contributed by atoms with Crippen molar-refractivity contribution in [1.82, 2.24) is 18.8 Å². The van der Waals surface area contributed by atoms with Gasteiger partial charge in [0.05, 0.1) is 18.1 Å². The van der Waals surface area contributed by atoms with Gasteiger partial charge in [0.15, 0.2) is 0 Å². The lowest BCUT2D eigenvalue weighted by Crippen LogP contribution is -2.39. The number of benzene rings is 1. The number of aromatic nitrogens is 3. The van der Waals surface area contributed by atoms with E-state index in [1.54, 1.807) is 0 Å². The van der Waals surface area contributed by atoms with Crippen molar-refractivity contribution in [2.75, 3.05) is 19.3 Å². The summed E-state index contributed by atoms with van der Waals surface area (Å²) in [5.41, 5.74) is 2.86. The van der Waals surface area contributed by atoms with Crippen molar-refractivity contribution in [3.63, 3.8) is 0 Å². The monoisotopic (exact) mass is 426 g/mol. The van der Waals surface area contributed by atoms with Crippen LogP contribution in [0.5, 0.6) is 0 Å². The quantitative estimate of drug-likeness (QED) is 0.626. The van der Waals surface area contributed by atoms with Crippen molar-refractivity contribution < 1.29 is 13.2 Å². The smallest absolute Gasteiger partial charge is 0.211 e. The molecule has 0 saturated carbocycles. The molecule has 1 aromatic carbocycles. The van der Waals surface area contributed by atoms with E-state index in [0.717, 1.165) is 33.5 Å². The zero-order valence-corrected chi connectivity index (χ0v) is 18.3. The number of hydrogen-bond acceptors (Lipinski definition) is 5. The number of nitrogens with zero attached hydrogens (tertiary/aromatic N) is 4. The first-order valence-electron chi connectivity index (χ1n) is 10.1. The molecule has 1 aliphatic heterocycles. The van der Waals surface area contributed by atoms with Gasteiger partial charge in [0, 0.05) is 55.3 Å². The minimum absolute atomic E-state index is 0.107. The molecule has 0 bridgehead atoms. The molecule has 1 aliphatic rings. The Morgan fingerprint density at radius 2 is 1.83 bits per heavy atom. The third-order valence-corrected chi connectivity index (χ3v) is 7.33. The van der Waals surface area contributed by atoms with Crippen molar-refractivity contribution in [2.24, 2.45) is 13.0 Å². The van der Waals surface area contributed by atoms with Crippen LogP contribution in [0.25, 0.3) is 22.0 Å². The SMILES string of the molecule is Cc1ncc(-c2ccc3cnc(CC(=O)C4CCN(S(C)(=O)=O)CC4)cc3c2)n1C. The maximum Gasteiger partial charge on any atom is 0.211 e. The second-order valence-electron chi connectivity index (χ2n) is 8.07. The summed E-state index contributed by atoms with van der Waals surface area (Å²) in [5, 5.41) is 2.06. The molecule has 7 nitrogen and oxygen atoms in total. The number of sulfonamides is 1. The highest BCUT2D eigenvalue weighted by Gasteiger charge is 2.28. The van der Waals surface area contributed by atoms with Crippen LogP contribution < -0.4 is 0 Å². The van der Waals surface area contributed by atoms with Crippen LogP contribution in [0.4, 0.5) is 0 Å². The van der Waals surface area contributed by atoms with Gasteiger partial charge in [-0.3, -0.25) is 9.78 Å². The van der Waals surface area contributed by atoms with Crippen molar-refractivity contribution in [3.05, 3.63) is 48.2 Å². The molecule has 3 aromatic rings. The van der Waals surface area contributed by atoms with Crippen LogP contribution >= 0.6 is 0 Å². The second-order valence-corrected chi connectivity index (χ2v) is 10.0.